The van der Waals surface area contributed by atoms with Crippen molar-refractivity contribution in [2.24, 2.45) is 0 Å². The van der Waals surface area contributed by atoms with Gasteiger partial charge < -0.3 is 5.32 Å². The van der Waals surface area contributed by atoms with E-state index >= 15 is 0 Å². The molecular weight excluding hydrogens is 368 g/mol. The highest BCUT2D eigenvalue weighted by Crippen LogP contribution is 2.42. The van der Waals surface area contributed by atoms with Gasteiger partial charge in [0, 0.05) is 11.4 Å². The molecule has 1 atom stereocenters. The fourth-order valence-electron chi connectivity index (χ4n) is 3.29. The molecule has 0 saturated carbocycles. The van der Waals surface area contributed by atoms with Crippen molar-refractivity contribution in [1.82, 2.24) is 0 Å². The monoisotopic (exact) mass is 388 g/mol. The minimum absolute atomic E-state index is 0.0570. The topological polar surface area (TPSA) is 49.4 Å². The lowest BCUT2D eigenvalue weighted by Gasteiger charge is -2.24. The molecule has 5 heteroatoms. The van der Waals surface area contributed by atoms with Gasteiger partial charge >= 0.3 is 0 Å². The molecule has 1 saturated heterocycles. The SMILES string of the molecule is O=C(Cc1ccccc1)Nc1cccc(C2SCC(=O)N2c2ccccc2)c1. The van der Waals surface area contributed by atoms with Crippen LogP contribution in [0, 0.1) is 0 Å². The highest BCUT2D eigenvalue weighted by Gasteiger charge is 2.34. The van der Waals surface area contributed by atoms with Crippen LogP contribution in [-0.2, 0) is 16.0 Å². The van der Waals surface area contributed by atoms with Gasteiger partial charge in [-0.2, -0.15) is 0 Å². The Balaban J connectivity index is 1.52. The second-order valence-electron chi connectivity index (χ2n) is 6.60. The van der Waals surface area contributed by atoms with Crippen molar-refractivity contribution < 1.29 is 9.59 Å². The number of hydrogen-bond donors (Lipinski definition) is 1. The third kappa shape index (κ3) is 4.10. The minimum Gasteiger partial charge on any atom is -0.326 e. The van der Waals surface area contributed by atoms with E-state index in [-0.39, 0.29) is 17.2 Å². The number of hydrogen-bond acceptors (Lipinski definition) is 3. The lowest BCUT2D eigenvalue weighted by atomic mass is 10.1. The zero-order chi connectivity index (χ0) is 19.3. The fourth-order valence-corrected chi connectivity index (χ4v) is 4.46. The molecule has 1 N–H and O–H groups in total. The Morgan fingerprint density at radius 3 is 2.43 bits per heavy atom. The number of nitrogens with zero attached hydrogens (tertiary/aromatic N) is 1. The van der Waals surface area contributed by atoms with Crippen molar-refractivity contribution in [3.63, 3.8) is 0 Å². The van der Waals surface area contributed by atoms with Crippen LogP contribution in [0.5, 0.6) is 0 Å². The van der Waals surface area contributed by atoms with Gasteiger partial charge in [0.15, 0.2) is 0 Å². The Morgan fingerprint density at radius 2 is 1.68 bits per heavy atom. The fraction of sp³-hybridized carbons (Fsp3) is 0.130. The van der Waals surface area contributed by atoms with Crippen LogP contribution in [0.15, 0.2) is 84.9 Å². The Hall–Kier alpha value is -3.05. The number of anilines is 2. The van der Waals surface area contributed by atoms with E-state index in [1.807, 2.05) is 89.8 Å². The number of thioether (sulfide) groups is 1. The van der Waals surface area contributed by atoms with Crippen molar-refractivity contribution in [1.29, 1.82) is 0 Å². The van der Waals surface area contributed by atoms with Gasteiger partial charge in [0.2, 0.25) is 11.8 Å². The third-order valence-corrected chi connectivity index (χ3v) is 5.78. The molecule has 28 heavy (non-hydrogen) atoms. The molecule has 1 aliphatic rings. The van der Waals surface area contributed by atoms with Gasteiger partial charge in [-0.15, -0.1) is 11.8 Å². The molecule has 0 aromatic heterocycles. The standard InChI is InChI=1S/C23H20N2O2S/c26-21(14-17-8-3-1-4-9-17)24-19-11-7-10-18(15-19)23-25(22(27)16-28-23)20-12-5-2-6-13-20/h1-13,15,23H,14,16H2,(H,24,26). The first kappa shape index (κ1) is 18.3. The number of rotatable bonds is 5. The number of benzene rings is 3. The van der Waals surface area contributed by atoms with Gasteiger partial charge in [0.05, 0.1) is 12.2 Å². The first-order chi connectivity index (χ1) is 13.7. The summed E-state index contributed by atoms with van der Waals surface area (Å²) in [5.74, 6) is 0.489. The molecule has 4 rings (SSSR count). The summed E-state index contributed by atoms with van der Waals surface area (Å²) in [6.45, 7) is 0. The van der Waals surface area contributed by atoms with Crippen LogP contribution < -0.4 is 10.2 Å². The summed E-state index contributed by atoms with van der Waals surface area (Å²) in [4.78, 5) is 26.7. The average molecular weight is 388 g/mol. The van der Waals surface area contributed by atoms with E-state index in [9.17, 15) is 9.59 Å². The van der Waals surface area contributed by atoms with Crippen molar-refractivity contribution in [3.05, 3.63) is 96.1 Å². The molecule has 0 aliphatic carbocycles. The molecular formula is C23H20N2O2S. The van der Waals surface area contributed by atoms with Crippen LogP contribution in [0.3, 0.4) is 0 Å². The smallest absolute Gasteiger partial charge is 0.238 e. The summed E-state index contributed by atoms with van der Waals surface area (Å²) in [6, 6.07) is 27.1. The van der Waals surface area contributed by atoms with Gasteiger partial charge in [-0.25, -0.2) is 0 Å². The summed E-state index contributed by atoms with van der Waals surface area (Å²) in [6.07, 6.45) is 0.331. The second kappa shape index (κ2) is 8.31. The molecule has 1 heterocycles. The Kier molecular flexibility index (Phi) is 5.44. The molecule has 0 bridgehead atoms. The van der Waals surface area contributed by atoms with Crippen LogP contribution in [-0.4, -0.2) is 17.6 Å². The summed E-state index contributed by atoms with van der Waals surface area (Å²) in [5.41, 5.74) is 3.60. The third-order valence-electron chi connectivity index (χ3n) is 4.57. The predicted octanol–water partition coefficient (Wildman–Crippen LogP) is 4.65. The molecule has 0 radical (unpaired) electrons. The van der Waals surface area contributed by atoms with E-state index in [1.165, 1.54) is 0 Å². The number of carbonyl (C=O) groups excluding carboxylic acids is 2. The average Bonchev–Trinajstić information content (AvgIpc) is 3.11. The second-order valence-corrected chi connectivity index (χ2v) is 7.67. The van der Waals surface area contributed by atoms with Crippen LogP contribution >= 0.6 is 11.8 Å². The van der Waals surface area contributed by atoms with Gasteiger partial charge in [-0.05, 0) is 35.4 Å². The van der Waals surface area contributed by atoms with Gasteiger partial charge in [-0.1, -0.05) is 60.7 Å². The first-order valence-electron chi connectivity index (χ1n) is 9.13. The van der Waals surface area contributed by atoms with Gasteiger partial charge in [0.25, 0.3) is 0 Å². The zero-order valence-electron chi connectivity index (χ0n) is 15.2. The molecule has 1 fully saturated rings. The lowest BCUT2D eigenvalue weighted by Crippen LogP contribution is -2.27. The summed E-state index contributed by atoms with van der Waals surface area (Å²) in [7, 11) is 0. The maximum Gasteiger partial charge on any atom is 0.238 e. The van der Waals surface area contributed by atoms with Crippen LogP contribution in [0.25, 0.3) is 0 Å². The van der Waals surface area contributed by atoms with Crippen molar-refractivity contribution in [3.8, 4) is 0 Å². The number of amides is 2. The minimum atomic E-state index is -0.0964. The van der Waals surface area contributed by atoms with Crippen LogP contribution in [0.2, 0.25) is 0 Å². The largest absolute Gasteiger partial charge is 0.326 e. The van der Waals surface area contributed by atoms with Crippen molar-refractivity contribution in [2.45, 2.75) is 11.8 Å². The summed E-state index contributed by atoms with van der Waals surface area (Å²) < 4.78 is 0. The lowest BCUT2D eigenvalue weighted by molar-refractivity contribution is -0.116. The van der Waals surface area contributed by atoms with Crippen LogP contribution in [0.1, 0.15) is 16.5 Å². The number of para-hydroxylation sites is 1. The maximum absolute atomic E-state index is 12.5. The molecule has 0 spiro atoms. The number of carbonyl (C=O) groups is 2. The molecule has 1 aliphatic heterocycles. The molecule has 2 amide bonds. The van der Waals surface area contributed by atoms with E-state index < -0.39 is 0 Å². The molecule has 1 unspecified atom stereocenters. The van der Waals surface area contributed by atoms with E-state index in [2.05, 4.69) is 5.32 Å². The predicted molar refractivity (Wildman–Crippen MR) is 114 cm³/mol. The quantitative estimate of drug-likeness (QED) is 0.692. The Bertz CT molecular complexity index is 976. The van der Waals surface area contributed by atoms with Gasteiger partial charge in [-0.3, -0.25) is 14.5 Å². The normalized spacial score (nSPS) is 16.2. The van der Waals surface area contributed by atoms with E-state index in [0.29, 0.717) is 12.2 Å². The summed E-state index contributed by atoms with van der Waals surface area (Å²) >= 11 is 1.60. The highest BCUT2D eigenvalue weighted by molar-refractivity contribution is 8.00. The molecule has 4 nitrogen and oxygen atoms in total. The van der Waals surface area contributed by atoms with E-state index in [0.717, 1.165) is 22.5 Å². The van der Waals surface area contributed by atoms with Gasteiger partial charge in [0.1, 0.15) is 5.37 Å². The van der Waals surface area contributed by atoms with E-state index in [1.54, 1.807) is 11.8 Å². The van der Waals surface area contributed by atoms with Crippen LogP contribution in [0.4, 0.5) is 11.4 Å². The van der Waals surface area contributed by atoms with Crippen molar-refractivity contribution in [2.75, 3.05) is 16.0 Å². The van der Waals surface area contributed by atoms with Crippen molar-refractivity contribution >= 4 is 35.0 Å². The molecule has 140 valence electrons. The highest BCUT2D eigenvalue weighted by atomic mass is 32.2. The molecule has 3 aromatic carbocycles. The molecule has 3 aromatic rings. The van der Waals surface area contributed by atoms with E-state index in [4.69, 9.17) is 0 Å². The zero-order valence-corrected chi connectivity index (χ0v) is 16.1. The first-order valence-corrected chi connectivity index (χ1v) is 10.2. The maximum atomic E-state index is 12.5. The Labute approximate surface area is 168 Å². The summed E-state index contributed by atoms with van der Waals surface area (Å²) in [5, 5.41) is 2.87. The Morgan fingerprint density at radius 1 is 0.964 bits per heavy atom. The number of nitrogens with one attached hydrogen (secondary N) is 1.